The first-order valence-electron chi connectivity index (χ1n) is 4.91. The van der Waals surface area contributed by atoms with Crippen LogP contribution in [0.1, 0.15) is 10.4 Å². The molecule has 1 amide bonds. The number of aromatic amines is 1. The lowest BCUT2D eigenvalue weighted by molar-refractivity contribution is 0.100. The van der Waals surface area contributed by atoms with Gasteiger partial charge in [-0.3, -0.25) is 9.89 Å². The van der Waals surface area contributed by atoms with Gasteiger partial charge in [-0.05, 0) is 17.5 Å². The number of nitrogens with two attached hydrogens (primary N) is 1. The monoisotopic (exact) mass is 211 g/mol. The minimum atomic E-state index is -0.411. The highest BCUT2D eigenvalue weighted by Gasteiger charge is 2.05. The molecule has 0 aliphatic heterocycles. The van der Waals surface area contributed by atoms with Gasteiger partial charge in [-0.2, -0.15) is 5.10 Å². The number of fused-ring (bicyclic) bond motifs is 3. The first kappa shape index (κ1) is 8.91. The van der Waals surface area contributed by atoms with Gasteiger partial charge in [0.1, 0.15) is 0 Å². The Labute approximate surface area is 91.1 Å². The van der Waals surface area contributed by atoms with Gasteiger partial charge in [-0.1, -0.05) is 18.2 Å². The number of aromatic nitrogens is 2. The molecule has 0 spiro atoms. The average Bonchev–Trinajstić information content (AvgIpc) is 2.76. The predicted octanol–water partition coefficient (Wildman–Crippen LogP) is 1.81. The highest BCUT2D eigenvalue weighted by Crippen LogP contribution is 2.24. The fourth-order valence-corrected chi connectivity index (χ4v) is 1.90. The molecule has 2 aromatic carbocycles. The Morgan fingerprint density at radius 1 is 1.19 bits per heavy atom. The van der Waals surface area contributed by atoms with E-state index in [0.717, 1.165) is 21.7 Å². The highest BCUT2D eigenvalue weighted by atomic mass is 16.1. The molecule has 3 aromatic rings. The molecule has 0 aliphatic rings. The Hall–Kier alpha value is -2.36. The van der Waals surface area contributed by atoms with Crippen molar-refractivity contribution in [2.45, 2.75) is 0 Å². The first-order chi connectivity index (χ1) is 7.75. The predicted molar refractivity (Wildman–Crippen MR) is 62.1 cm³/mol. The highest BCUT2D eigenvalue weighted by molar-refractivity contribution is 6.07. The van der Waals surface area contributed by atoms with Crippen molar-refractivity contribution < 1.29 is 4.79 Å². The second-order valence-corrected chi connectivity index (χ2v) is 3.70. The summed E-state index contributed by atoms with van der Waals surface area (Å²) >= 11 is 0. The molecule has 78 valence electrons. The molecular weight excluding hydrogens is 202 g/mol. The summed E-state index contributed by atoms with van der Waals surface area (Å²) < 4.78 is 0. The van der Waals surface area contributed by atoms with E-state index in [9.17, 15) is 4.79 Å². The smallest absolute Gasteiger partial charge is 0.248 e. The van der Waals surface area contributed by atoms with Crippen molar-refractivity contribution in [1.29, 1.82) is 0 Å². The summed E-state index contributed by atoms with van der Waals surface area (Å²) in [5.74, 6) is -0.411. The molecule has 0 bridgehead atoms. The Bertz CT molecular complexity index is 700. The molecule has 0 atom stereocenters. The second-order valence-electron chi connectivity index (χ2n) is 3.70. The fraction of sp³-hybridized carbons (Fsp3) is 0. The van der Waals surface area contributed by atoms with E-state index in [4.69, 9.17) is 5.73 Å². The van der Waals surface area contributed by atoms with E-state index in [1.54, 1.807) is 18.3 Å². The van der Waals surface area contributed by atoms with E-state index < -0.39 is 5.91 Å². The van der Waals surface area contributed by atoms with Gasteiger partial charge in [0.2, 0.25) is 5.91 Å². The summed E-state index contributed by atoms with van der Waals surface area (Å²) in [7, 11) is 0. The second kappa shape index (κ2) is 3.06. The SMILES string of the molecule is NC(=O)c1ccc2c(ccc3cn[nH]c32)c1. The van der Waals surface area contributed by atoms with E-state index in [1.165, 1.54) is 0 Å². The van der Waals surface area contributed by atoms with Gasteiger partial charge in [-0.25, -0.2) is 0 Å². The molecule has 3 N–H and O–H groups in total. The number of rotatable bonds is 1. The van der Waals surface area contributed by atoms with Crippen LogP contribution in [0.25, 0.3) is 21.7 Å². The molecular formula is C12H9N3O. The summed E-state index contributed by atoms with van der Waals surface area (Å²) in [6, 6.07) is 9.32. The molecule has 0 saturated carbocycles. The standard InChI is InChI=1S/C12H9N3O/c13-12(16)8-3-4-10-7(5-8)1-2-9-6-14-15-11(9)10/h1-6H,(H2,13,16)(H,14,15). The van der Waals surface area contributed by atoms with Crippen LogP contribution < -0.4 is 5.73 Å². The number of nitrogens with zero attached hydrogens (tertiary/aromatic N) is 1. The molecule has 0 aliphatic carbocycles. The number of hydrogen-bond donors (Lipinski definition) is 2. The third kappa shape index (κ3) is 1.16. The van der Waals surface area contributed by atoms with Crippen molar-refractivity contribution >= 4 is 27.6 Å². The molecule has 4 nitrogen and oxygen atoms in total. The van der Waals surface area contributed by atoms with Crippen molar-refractivity contribution in [2.75, 3.05) is 0 Å². The van der Waals surface area contributed by atoms with E-state index >= 15 is 0 Å². The summed E-state index contributed by atoms with van der Waals surface area (Å²) in [5.41, 5.74) is 6.74. The maximum Gasteiger partial charge on any atom is 0.248 e. The molecule has 1 aromatic heterocycles. The number of H-pyrrole nitrogens is 1. The van der Waals surface area contributed by atoms with Crippen LogP contribution in [0, 0.1) is 0 Å². The largest absolute Gasteiger partial charge is 0.366 e. The number of benzene rings is 2. The van der Waals surface area contributed by atoms with E-state index in [1.807, 2.05) is 18.2 Å². The molecule has 0 radical (unpaired) electrons. The maximum absolute atomic E-state index is 11.1. The first-order valence-corrected chi connectivity index (χ1v) is 4.91. The van der Waals surface area contributed by atoms with Crippen LogP contribution in [0.2, 0.25) is 0 Å². The van der Waals surface area contributed by atoms with Crippen LogP contribution in [0.4, 0.5) is 0 Å². The van der Waals surface area contributed by atoms with Crippen LogP contribution in [0.5, 0.6) is 0 Å². The summed E-state index contributed by atoms with van der Waals surface area (Å²) in [6.07, 6.45) is 1.77. The Balaban J connectivity index is 2.41. The average molecular weight is 211 g/mol. The molecule has 4 heteroatoms. The van der Waals surface area contributed by atoms with Crippen LogP contribution in [-0.2, 0) is 0 Å². The van der Waals surface area contributed by atoms with Gasteiger partial charge < -0.3 is 5.73 Å². The molecule has 0 unspecified atom stereocenters. The number of primary amides is 1. The van der Waals surface area contributed by atoms with Crippen molar-refractivity contribution in [3.8, 4) is 0 Å². The van der Waals surface area contributed by atoms with Gasteiger partial charge in [0.25, 0.3) is 0 Å². The topological polar surface area (TPSA) is 71.8 Å². The van der Waals surface area contributed by atoms with Crippen molar-refractivity contribution in [2.24, 2.45) is 5.73 Å². The fourth-order valence-electron chi connectivity index (χ4n) is 1.90. The quantitative estimate of drug-likeness (QED) is 0.644. The molecule has 1 heterocycles. The zero-order valence-electron chi connectivity index (χ0n) is 8.40. The molecule has 0 fully saturated rings. The number of nitrogens with one attached hydrogen (secondary N) is 1. The van der Waals surface area contributed by atoms with Crippen molar-refractivity contribution in [3.05, 3.63) is 42.1 Å². The van der Waals surface area contributed by atoms with Gasteiger partial charge >= 0.3 is 0 Å². The van der Waals surface area contributed by atoms with Crippen molar-refractivity contribution in [3.63, 3.8) is 0 Å². The lowest BCUT2D eigenvalue weighted by Crippen LogP contribution is -2.10. The van der Waals surface area contributed by atoms with Crippen LogP contribution in [0.15, 0.2) is 36.5 Å². The number of carbonyl (C=O) groups excluding carboxylic acids is 1. The number of amides is 1. The van der Waals surface area contributed by atoms with Gasteiger partial charge in [-0.15, -0.1) is 0 Å². The number of carbonyl (C=O) groups is 1. The molecule has 0 saturated heterocycles. The van der Waals surface area contributed by atoms with Gasteiger partial charge in [0, 0.05) is 16.3 Å². The van der Waals surface area contributed by atoms with E-state index in [-0.39, 0.29) is 0 Å². The minimum Gasteiger partial charge on any atom is -0.366 e. The summed E-state index contributed by atoms with van der Waals surface area (Å²) in [5, 5.41) is 10.0. The van der Waals surface area contributed by atoms with Gasteiger partial charge in [0.05, 0.1) is 11.7 Å². The summed E-state index contributed by atoms with van der Waals surface area (Å²) in [4.78, 5) is 11.1. The minimum absolute atomic E-state index is 0.411. The Kier molecular flexibility index (Phi) is 1.71. The third-order valence-corrected chi connectivity index (χ3v) is 2.72. The normalized spacial score (nSPS) is 11.0. The maximum atomic E-state index is 11.1. The lowest BCUT2D eigenvalue weighted by Gasteiger charge is -2.01. The lowest BCUT2D eigenvalue weighted by atomic mass is 10.0. The summed E-state index contributed by atoms with van der Waals surface area (Å²) in [6.45, 7) is 0. The van der Waals surface area contributed by atoms with Crippen LogP contribution in [-0.4, -0.2) is 16.1 Å². The van der Waals surface area contributed by atoms with Crippen LogP contribution >= 0.6 is 0 Å². The van der Waals surface area contributed by atoms with E-state index in [2.05, 4.69) is 10.2 Å². The van der Waals surface area contributed by atoms with E-state index in [0.29, 0.717) is 5.56 Å². The molecule has 3 rings (SSSR count). The Morgan fingerprint density at radius 2 is 2.00 bits per heavy atom. The van der Waals surface area contributed by atoms with Crippen LogP contribution in [0.3, 0.4) is 0 Å². The third-order valence-electron chi connectivity index (χ3n) is 2.72. The van der Waals surface area contributed by atoms with Gasteiger partial charge in [0.15, 0.2) is 0 Å². The number of hydrogen-bond acceptors (Lipinski definition) is 2. The zero-order chi connectivity index (χ0) is 11.1. The zero-order valence-corrected chi connectivity index (χ0v) is 8.40. The Morgan fingerprint density at radius 3 is 2.81 bits per heavy atom. The van der Waals surface area contributed by atoms with Crippen molar-refractivity contribution in [1.82, 2.24) is 10.2 Å². The molecule has 16 heavy (non-hydrogen) atoms.